The summed E-state index contributed by atoms with van der Waals surface area (Å²) >= 11 is 11.7. The first-order valence-corrected chi connectivity index (χ1v) is 6.69. The molecule has 0 atom stereocenters. The van der Waals surface area contributed by atoms with Crippen LogP contribution in [-0.4, -0.2) is 12.5 Å². The first kappa shape index (κ1) is 13.9. The summed E-state index contributed by atoms with van der Waals surface area (Å²) in [6.07, 6.45) is 0.800. The lowest BCUT2D eigenvalue weighted by Crippen LogP contribution is -2.25. The Bertz CT molecular complexity index is 570. The SMILES string of the molecule is O=C(NCCc1ccccc1)c1ccc(Cl)c(Cl)c1. The molecule has 0 spiro atoms. The Morgan fingerprint density at radius 1 is 1.00 bits per heavy atom. The molecule has 1 amide bonds. The fourth-order valence-corrected chi connectivity index (χ4v) is 2.00. The van der Waals surface area contributed by atoms with Gasteiger partial charge < -0.3 is 5.32 Å². The molecule has 2 rings (SSSR count). The number of nitrogens with one attached hydrogen (secondary N) is 1. The Labute approximate surface area is 122 Å². The molecule has 0 fully saturated rings. The van der Waals surface area contributed by atoms with Gasteiger partial charge in [-0.15, -0.1) is 0 Å². The van der Waals surface area contributed by atoms with Gasteiger partial charge in [-0.1, -0.05) is 53.5 Å². The maximum absolute atomic E-state index is 11.9. The third kappa shape index (κ3) is 3.98. The summed E-state index contributed by atoms with van der Waals surface area (Å²) < 4.78 is 0. The molecule has 2 nitrogen and oxygen atoms in total. The van der Waals surface area contributed by atoms with Gasteiger partial charge in [0.05, 0.1) is 10.0 Å². The molecule has 2 aromatic rings. The van der Waals surface area contributed by atoms with Gasteiger partial charge in [0, 0.05) is 12.1 Å². The molecule has 0 radical (unpaired) electrons. The van der Waals surface area contributed by atoms with E-state index >= 15 is 0 Å². The molecular formula is C15H13Cl2NO. The van der Waals surface area contributed by atoms with E-state index in [1.165, 1.54) is 5.56 Å². The largest absolute Gasteiger partial charge is 0.352 e. The highest BCUT2D eigenvalue weighted by atomic mass is 35.5. The molecule has 0 unspecified atom stereocenters. The fraction of sp³-hybridized carbons (Fsp3) is 0.133. The third-order valence-electron chi connectivity index (χ3n) is 2.72. The maximum Gasteiger partial charge on any atom is 0.251 e. The molecule has 0 aliphatic heterocycles. The highest BCUT2D eigenvalue weighted by Crippen LogP contribution is 2.22. The molecule has 0 saturated heterocycles. The zero-order chi connectivity index (χ0) is 13.7. The second kappa shape index (κ2) is 6.60. The molecule has 0 heterocycles. The molecule has 98 valence electrons. The van der Waals surface area contributed by atoms with Crippen molar-refractivity contribution in [2.45, 2.75) is 6.42 Å². The van der Waals surface area contributed by atoms with Crippen LogP contribution in [0, 0.1) is 0 Å². The predicted molar refractivity (Wildman–Crippen MR) is 78.9 cm³/mol. The summed E-state index contributed by atoms with van der Waals surface area (Å²) in [6.45, 7) is 0.586. The molecule has 2 aromatic carbocycles. The van der Waals surface area contributed by atoms with E-state index < -0.39 is 0 Å². The number of hydrogen-bond acceptors (Lipinski definition) is 1. The Kier molecular flexibility index (Phi) is 4.83. The van der Waals surface area contributed by atoms with E-state index in [0.717, 1.165) is 6.42 Å². The summed E-state index contributed by atoms with van der Waals surface area (Å²) in [5, 5.41) is 3.69. The number of carbonyl (C=O) groups is 1. The second-order valence-electron chi connectivity index (χ2n) is 4.12. The van der Waals surface area contributed by atoms with Crippen LogP contribution in [0.5, 0.6) is 0 Å². The van der Waals surface area contributed by atoms with Crippen molar-refractivity contribution < 1.29 is 4.79 Å². The summed E-state index contributed by atoms with van der Waals surface area (Å²) in [4.78, 5) is 11.9. The van der Waals surface area contributed by atoms with E-state index in [1.54, 1.807) is 18.2 Å². The number of carbonyl (C=O) groups excluding carboxylic acids is 1. The van der Waals surface area contributed by atoms with Gasteiger partial charge >= 0.3 is 0 Å². The average Bonchev–Trinajstić information content (AvgIpc) is 2.43. The van der Waals surface area contributed by atoms with E-state index in [-0.39, 0.29) is 5.91 Å². The molecule has 0 aliphatic carbocycles. The number of halogens is 2. The Morgan fingerprint density at radius 2 is 1.74 bits per heavy atom. The van der Waals surface area contributed by atoms with Gasteiger partial charge in [-0.3, -0.25) is 4.79 Å². The van der Waals surface area contributed by atoms with Gasteiger partial charge in [0.15, 0.2) is 0 Å². The van der Waals surface area contributed by atoms with Crippen molar-refractivity contribution >= 4 is 29.1 Å². The molecule has 19 heavy (non-hydrogen) atoms. The number of rotatable bonds is 4. The van der Waals surface area contributed by atoms with Gasteiger partial charge in [0.2, 0.25) is 0 Å². The summed E-state index contributed by atoms with van der Waals surface area (Å²) in [6, 6.07) is 14.9. The van der Waals surface area contributed by atoms with Gasteiger partial charge in [-0.05, 0) is 30.2 Å². The van der Waals surface area contributed by atoms with Crippen molar-refractivity contribution in [2.75, 3.05) is 6.54 Å². The van der Waals surface area contributed by atoms with Crippen molar-refractivity contribution in [3.05, 3.63) is 69.7 Å². The van der Waals surface area contributed by atoms with E-state index in [1.807, 2.05) is 30.3 Å². The molecule has 0 saturated carbocycles. The lowest BCUT2D eigenvalue weighted by atomic mass is 10.1. The molecule has 4 heteroatoms. The fourth-order valence-electron chi connectivity index (χ4n) is 1.70. The topological polar surface area (TPSA) is 29.1 Å². The maximum atomic E-state index is 11.9. The van der Waals surface area contributed by atoms with Crippen LogP contribution in [0.25, 0.3) is 0 Å². The lowest BCUT2D eigenvalue weighted by Gasteiger charge is -2.06. The van der Waals surface area contributed by atoms with Crippen molar-refractivity contribution in [3.63, 3.8) is 0 Å². The van der Waals surface area contributed by atoms with Crippen molar-refractivity contribution in [2.24, 2.45) is 0 Å². The van der Waals surface area contributed by atoms with Gasteiger partial charge in [-0.25, -0.2) is 0 Å². The Morgan fingerprint density at radius 3 is 2.42 bits per heavy atom. The Balaban J connectivity index is 1.89. The molecule has 1 N–H and O–H groups in total. The highest BCUT2D eigenvalue weighted by Gasteiger charge is 2.07. The second-order valence-corrected chi connectivity index (χ2v) is 4.93. The van der Waals surface area contributed by atoms with Crippen LogP contribution in [0.3, 0.4) is 0 Å². The predicted octanol–water partition coefficient (Wildman–Crippen LogP) is 3.97. The molecule has 0 bridgehead atoms. The van der Waals surface area contributed by atoms with Crippen LogP contribution < -0.4 is 5.32 Å². The van der Waals surface area contributed by atoms with E-state index in [4.69, 9.17) is 23.2 Å². The van der Waals surface area contributed by atoms with Crippen LogP contribution in [0.2, 0.25) is 10.0 Å². The highest BCUT2D eigenvalue weighted by molar-refractivity contribution is 6.42. The molecule has 0 aromatic heterocycles. The van der Waals surface area contributed by atoms with Crippen molar-refractivity contribution in [1.82, 2.24) is 5.32 Å². The summed E-state index contributed by atoms with van der Waals surface area (Å²) in [5.74, 6) is -0.144. The average molecular weight is 294 g/mol. The van der Waals surface area contributed by atoms with Crippen LogP contribution in [-0.2, 0) is 6.42 Å². The third-order valence-corrected chi connectivity index (χ3v) is 3.46. The summed E-state index contributed by atoms with van der Waals surface area (Å²) in [5.41, 5.74) is 1.71. The number of benzene rings is 2. The zero-order valence-electron chi connectivity index (χ0n) is 10.2. The normalized spacial score (nSPS) is 10.2. The standard InChI is InChI=1S/C15H13Cl2NO/c16-13-7-6-12(10-14(13)17)15(19)18-9-8-11-4-2-1-3-5-11/h1-7,10H,8-9H2,(H,18,19). The minimum atomic E-state index is -0.144. The van der Waals surface area contributed by atoms with E-state index in [0.29, 0.717) is 22.2 Å². The van der Waals surface area contributed by atoms with Gasteiger partial charge in [0.1, 0.15) is 0 Å². The molecule has 0 aliphatic rings. The van der Waals surface area contributed by atoms with E-state index in [2.05, 4.69) is 5.32 Å². The van der Waals surface area contributed by atoms with Crippen molar-refractivity contribution in [3.8, 4) is 0 Å². The first-order chi connectivity index (χ1) is 9.16. The number of hydrogen-bond donors (Lipinski definition) is 1. The lowest BCUT2D eigenvalue weighted by molar-refractivity contribution is 0.0954. The first-order valence-electron chi connectivity index (χ1n) is 5.94. The summed E-state index contributed by atoms with van der Waals surface area (Å²) in [7, 11) is 0. The number of amides is 1. The molecular weight excluding hydrogens is 281 g/mol. The minimum absolute atomic E-state index is 0.144. The quantitative estimate of drug-likeness (QED) is 0.908. The van der Waals surface area contributed by atoms with Gasteiger partial charge in [-0.2, -0.15) is 0 Å². The monoisotopic (exact) mass is 293 g/mol. The minimum Gasteiger partial charge on any atom is -0.352 e. The van der Waals surface area contributed by atoms with Gasteiger partial charge in [0.25, 0.3) is 5.91 Å². The van der Waals surface area contributed by atoms with Crippen LogP contribution in [0.4, 0.5) is 0 Å². The Hall–Kier alpha value is -1.51. The van der Waals surface area contributed by atoms with Crippen LogP contribution in [0.15, 0.2) is 48.5 Å². The zero-order valence-corrected chi connectivity index (χ0v) is 11.7. The van der Waals surface area contributed by atoms with Crippen LogP contribution in [0.1, 0.15) is 15.9 Å². The smallest absolute Gasteiger partial charge is 0.251 e. The van der Waals surface area contributed by atoms with Crippen LogP contribution >= 0.6 is 23.2 Å². The van der Waals surface area contributed by atoms with Crippen molar-refractivity contribution in [1.29, 1.82) is 0 Å². The van der Waals surface area contributed by atoms with E-state index in [9.17, 15) is 4.79 Å².